The van der Waals surface area contributed by atoms with E-state index in [1.54, 1.807) is 24.4 Å². The number of anilines is 3. The van der Waals surface area contributed by atoms with Crippen molar-refractivity contribution in [3.63, 3.8) is 0 Å². The topological polar surface area (TPSA) is 101 Å². The minimum absolute atomic E-state index is 0.127. The van der Waals surface area contributed by atoms with Crippen LogP contribution in [0.4, 0.5) is 17.5 Å². The first kappa shape index (κ1) is 22.0. The molecule has 0 saturated heterocycles. The van der Waals surface area contributed by atoms with Gasteiger partial charge in [0.25, 0.3) is 5.91 Å². The molecule has 0 atom stereocenters. The fourth-order valence-corrected chi connectivity index (χ4v) is 2.76. The molecule has 3 aromatic rings. The van der Waals surface area contributed by atoms with Crippen LogP contribution in [0.5, 0.6) is 5.75 Å². The third kappa shape index (κ3) is 7.26. The van der Waals surface area contributed by atoms with Gasteiger partial charge in [0, 0.05) is 30.9 Å². The number of nitrogens with one attached hydrogen (secondary N) is 3. The van der Waals surface area contributed by atoms with Gasteiger partial charge in [-0.15, -0.1) is 0 Å². The molecule has 0 radical (unpaired) electrons. The Kier molecular flexibility index (Phi) is 8.16. The van der Waals surface area contributed by atoms with Crippen molar-refractivity contribution in [3.05, 3.63) is 66.1 Å². The molecule has 0 bridgehead atoms. The zero-order valence-electron chi connectivity index (χ0n) is 17.9. The van der Waals surface area contributed by atoms with Crippen LogP contribution in [0.3, 0.4) is 0 Å². The van der Waals surface area contributed by atoms with Gasteiger partial charge in [-0.2, -0.15) is 0 Å². The van der Waals surface area contributed by atoms with Crippen LogP contribution in [-0.4, -0.2) is 40.6 Å². The molecule has 2 heterocycles. The van der Waals surface area contributed by atoms with E-state index in [0.717, 1.165) is 30.0 Å². The third-order valence-corrected chi connectivity index (χ3v) is 4.44. The van der Waals surface area contributed by atoms with E-state index >= 15 is 0 Å². The number of amides is 1. The van der Waals surface area contributed by atoms with Gasteiger partial charge < -0.3 is 20.7 Å². The molecule has 0 aliphatic carbocycles. The van der Waals surface area contributed by atoms with Crippen LogP contribution in [0.2, 0.25) is 0 Å². The van der Waals surface area contributed by atoms with Gasteiger partial charge in [0.15, 0.2) is 0 Å². The molecular weight excluding hydrogens is 392 g/mol. The second-order valence-electron chi connectivity index (χ2n) is 7.04. The highest BCUT2D eigenvalue weighted by Gasteiger charge is 2.06. The second kappa shape index (κ2) is 11.5. The monoisotopic (exact) mass is 420 g/mol. The molecule has 31 heavy (non-hydrogen) atoms. The number of aryl methyl sites for hydroxylation is 1. The van der Waals surface area contributed by atoms with Crippen molar-refractivity contribution in [3.8, 4) is 5.75 Å². The molecule has 0 spiro atoms. The highest BCUT2D eigenvalue weighted by atomic mass is 16.5. The fourth-order valence-electron chi connectivity index (χ4n) is 2.76. The lowest BCUT2D eigenvalue weighted by molar-refractivity contribution is 0.0955. The summed E-state index contributed by atoms with van der Waals surface area (Å²) in [7, 11) is 0. The standard InChI is InChI=1S/C23H28N6O2/c1-3-4-13-31-19-7-5-18(6-8-19)23(30)26-12-11-25-20-15-22(28-16-27-20)29-21-14-17(2)9-10-24-21/h5-10,14-16H,3-4,11-13H2,1-2H3,(H,26,30)(H2,24,25,27,28,29). The van der Waals surface area contributed by atoms with Crippen LogP contribution in [0, 0.1) is 6.92 Å². The van der Waals surface area contributed by atoms with Crippen LogP contribution in [0.25, 0.3) is 0 Å². The summed E-state index contributed by atoms with van der Waals surface area (Å²) in [5.41, 5.74) is 1.71. The first-order valence-electron chi connectivity index (χ1n) is 10.4. The predicted molar refractivity (Wildman–Crippen MR) is 122 cm³/mol. The Morgan fingerprint density at radius 2 is 1.74 bits per heavy atom. The van der Waals surface area contributed by atoms with E-state index in [-0.39, 0.29) is 5.91 Å². The number of ether oxygens (including phenoxy) is 1. The van der Waals surface area contributed by atoms with Gasteiger partial charge in [-0.25, -0.2) is 15.0 Å². The summed E-state index contributed by atoms with van der Waals surface area (Å²) in [6.45, 7) is 5.80. The Hall–Kier alpha value is -3.68. The third-order valence-electron chi connectivity index (χ3n) is 4.44. The predicted octanol–water partition coefficient (Wildman–Crippen LogP) is 3.94. The summed E-state index contributed by atoms with van der Waals surface area (Å²) >= 11 is 0. The highest BCUT2D eigenvalue weighted by Crippen LogP contribution is 2.15. The average Bonchev–Trinajstić information content (AvgIpc) is 2.77. The summed E-state index contributed by atoms with van der Waals surface area (Å²) in [4.78, 5) is 25.0. The molecule has 0 fully saturated rings. The quantitative estimate of drug-likeness (QED) is 0.404. The molecule has 8 heteroatoms. The van der Waals surface area contributed by atoms with Crippen molar-refractivity contribution >= 4 is 23.4 Å². The van der Waals surface area contributed by atoms with Gasteiger partial charge in [0.05, 0.1) is 6.61 Å². The summed E-state index contributed by atoms with van der Waals surface area (Å²) in [5, 5.41) is 9.22. The number of pyridine rings is 1. The lowest BCUT2D eigenvalue weighted by atomic mass is 10.2. The van der Waals surface area contributed by atoms with E-state index in [1.165, 1.54) is 6.33 Å². The molecule has 0 aliphatic rings. The Bertz CT molecular complexity index is 978. The number of nitrogens with zero attached hydrogens (tertiary/aromatic N) is 3. The number of rotatable bonds is 11. The molecule has 0 saturated carbocycles. The van der Waals surface area contributed by atoms with Gasteiger partial charge in [-0.05, 0) is 55.3 Å². The van der Waals surface area contributed by atoms with E-state index in [2.05, 4.69) is 37.8 Å². The summed E-state index contributed by atoms with van der Waals surface area (Å²) < 4.78 is 5.62. The molecule has 1 amide bonds. The van der Waals surface area contributed by atoms with Gasteiger partial charge in [0.2, 0.25) is 0 Å². The largest absolute Gasteiger partial charge is 0.494 e. The van der Waals surface area contributed by atoms with Crippen molar-refractivity contribution in [1.82, 2.24) is 20.3 Å². The van der Waals surface area contributed by atoms with Gasteiger partial charge in [-0.3, -0.25) is 4.79 Å². The van der Waals surface area contributed by atoms with Crippen LogP contribution in [0.1, 0.15) is 35.7 Å². The lowest BCUT2D eigenvalue weighted by Crippen LogP contribution is -2.28. The Labute approximate surface area is 182 Å². The zero-order chi connectivity index (χ0) is 21.9. The normalized spacial score (nSPS) is 10.4. The van der Waals surface area contributed by atoms with E-state index in [4.69, 9.17) is 4.74 Å². The van der Waals surface area contributed by atoms with Gasteiger partial charge >= 0.3 is 0 Å². The fraction of sp³-hybridized carbons (Fsp3) is 0.304. The summed E-state index contributed by atoms with van der Waals surface area (Å²) in [6.07, 6.45) is 5.32. The van der Waals surface area contributed by atoms with Crippen LogP contribution >= 0.6 is 0 Å². The van der Waals surface area contributed by atoms with Crippen LogP contribution in [-0.2, 0) is 0 Å². The van der Waals surface area contributed by atoms with Crippen LogP contribution < -0.4 is 20.7 Å². The molecule has 3 N–H and O–H groups in total. The van der Waals surface area contributed by atoms with Crippen molar-refractivity contribution in [1.29, 1.82) is 0 Å². The minimum Gasteiger partial charge on any atom is -0.494 e. The maximum atomic E-state index is 12.3. The highest BCUT2D eigenvalue weighted by molar-refractivity contribution is 5.94. The van der Waals surface area contributed by atoms with E-state index in [0.29, 0.717) is 36.9 Å². The number of unbranched alkanes of at least 4 members (excludes halogenated alkanes) is 1. The summed E-state index contributed by atoms with van der Waals surface area (Å²) in [6, 6.07) is 12.8. The molecule has 1 aromatic carbocycles. The SMILES string of the molecule is CCCCOc1ccc(C(=O)NCCNc2cc(Nc3cc(C)ccn3)ncn2)cc1. The number of aromatic nitrogens is 3. The molecular formula is C23H28N6O2. The Morgan fingerprint density at radius 3 is 2.52 bits per heavy atom. The first-order chi connectivity index (χ1) is 15.1. The maximum Gasteiger partial charge on any atom is 0.251 e. The van der Waals surface area contributed by atoms with E-state index < -0.39 is 0 Å². The molecule has 3 rings (SSSR count). The lowest BCUT2D eigenvalue weighted by Gasteiger charge is -2.10. The van der Waals surface area contributed by atoms with Crippen molar-refractivity contribution in [2.24, 2.45) is 0 Å². The van der Waals surface area contributed by atoms with Crippen molar-refractivity contribution < 1.29 is 9.53 Å². The number of benzene rings is 1. The summed E-state index contributed by atoms with van der Waals surface area (Å²) in [5.74, 6) is 2.67. The van der Waals surface area contributed by atoms with Gasteiger partial charge in [-0.1, -0.05) is 13.3 Å². The Balaban J connectivity index is 1.42. The van der Waals surface area contributed by atoms with Crippen molar-refractivity contribution in [2.45, 2.75) is 26.7 Å². The number of hydrogen-bond donors (Lipinski definition) is 3. The Morgan fingerprint density at radius 1 is 0.968 bits per heavy atom. The van der Waals surface area contributed by atoms with Crippen molar-refractivity contribution in [2.75, 3.05) is 30.3 Å². The first-order valence-corrected chi connectivity index (χ1v) is 10.4. The number of carbonyl (C=O) groups is 1. The molecule has 0 aliphatic heterocycles. The molecule has 162 valence electrons. The number of hydrogen-bond acceptors (Lipinski definition) is 7. The van der Waals surface area contributed by atoms with Crippen LogP contribution in [0.15, 0.2) is 55.0 Å². The van der Waals surface area contributed by atoms with E-state index in [1.807, 2.05) is 31.2 Å². The van der Waals surface area contributed by atoms with Gasteiger partial charge in [0.1, 0.15) is 29.5 Å². The number of carbonyl (C=O) groups excluding carboxylic acids is 1. The minimum atomic E-state index is -0.127. The smallest absolute Gasteiger partial charge is 0.251 e. The molecule has 2 aromatic heterocycles. The maximum absolute atomic E-state index is 12.3. The molecule has 0 unspecified atom stereocenters. The molecule has 8 nitrogen and oxygen atoms in total. The average molecular weight is 421 g/mol. The van der Waals surface area contributed by atoms with E-state index in [9.17, 15) is 4.79 Å². The second-order valence-corrected chi connectivity index (χ2v) is 7.04. The zero-order valence-corrected chi connectivity index (χ0v) is 17.9.